The van der Waals surface area contributed by atoms with Crippen LogP contribution in [0.3, 0.4) is 0 Å². The molecule has 0 aliphatic carbocycles. The summed E-state index contributed by atoms with van der Waals surface area (Å²) in [6, 6.07) is 20.8. The Morgan fingerprint density at radius 2 is 0.838 bits per heavy atom. The molecule has 2 N–H and O–H groups in total. The van der Waals surface area contributed by atoms with Gasteiger partial charge in [0.15, 0.2) is 43.0 Å². The topological polar surface area (TPSA) is 270 Å². The quantitative estimate of drug-likeness (QED) is 0.103. The summed E-state index contributed by atoms with van der Waals surface area (Å²) in [5, 5.41) is 36.9. The third kappa shape index (κ3) is 12.2. The molecule has 2 aromatic carbocycles. The normalized spacial score (nSPS) is 16.2. The van der Waals surface area contributed by atoms with Crippen molar-refractivity contribution in [3.8, 4) is 69.2 Å². The summed E-state index contributed by atoms with van der Waals surface area (Å²) in [5.74, 6) is 2.03. The summed E-state index contributed by atoms with van der Waals surface area (Å²) >= 11 is 0. The van der Waals surface area contributed by atoms with Crippen molar-refractivity contribution in [3.05, 3.63) is 84.4 Å². The van der Waals surface area contributed by atoms with E-state index in [1.807, 2.05) is 0 Å². The number of hydrogen-bond acceptors (Lipinski definition) is 20. The number of nitrogens with zero attached hydrogens (tertiary/aromatic N) is 8. The second-order valence-electron chi connectivity index (χ2n) is 17.6. The zero-order valence-corrected chi connectivity index (χ0v) is 44.3. The van der Waals surface area contributed by atoms with E-state index in [2.05, 4.69) is 30.4 Å². The van der Waals surface area contributed by atoms with Gasteiger partial charge in [-0.2, -0.15) is 0 Å². The van der Waals surface area contributed by atoms with Gasteiger partial charge in [-0.3, -0.25) is 9.13 Å². The van der Waals surface area contributed by atoms with Gasteiger partial charge in [-0.15, -0.1) is 20.4 Å². The van der Waals surface area contributed by atoms with Crippen molar-refractivity contribution >= 4 is 19.7 Å². The van der Waals surface area contributed by atoms with Crippen LogP contribution in [0.2, 0.25) is 0 Å². The first-order valence-corrected chi connectivity index (χ1v) is 27.3. The largest absolute Gasteiger partial charge is 0.494 e. The van der Waals surface area contributed by atoms with E-state index in [4.69, 9.17) is 37.9 Å². The van der Waals surface area contributed by atoms with Gasteiger partial charge >= 0.3 is 0 Å². The predicted octanol–water partition coefficient (Wildman–Crippen LogP) is 4.89. The Balaban J connectivity index is 0.000000216. The highest BCUT2D eigenvalue weighted by atomic mass is 32.2. The van der Waals surface area contributed by atoms with E-state index in [9.17, 15) is 27.0 Å². The SMILES string of the molecule is COc1cccc(-c2nnc(CS(=O)(=O)[C@@H](C)[C@H](O)C3CCOCC3)n2-c2c(OC)cccc2OC)n1.COc1cccc(-c2nnc(CS(=O)(=O)[C@H](C)[C@@H](O)C3CCOCC3)n2-c2c(OC)cccc2OC)n1. The van der Waals surface area contributed by atoms with Crippen LogP contribution in [-0.4, -0.2) is 158 Å². The molecule has 4 aromatic heterocycles. The molecule has 0 bridgehead atoms. The van der Waals surface area contributed by atoms with Gasteiger partial charge in [-0.1, -0.05) is 24.3 Å². The number of para-hydroxylation sites is 2. The summed E-state index contributed by atoms with van der Waals surface area (Å²) < 4.78 is 101. The molecule has 2 aliphatic heterocycles. The van der Waals surface area contributed by atoms with Crippen LogP contribution in [0.4, 0.5) is 0 Å². The predicted molar refractivity (Wildman–Crippen MR) is 272 cm³/mol. The van der Waals surface area contributed by atoms with Crippen LogP contribution in [0, 0.1) is 11.8 Å². The highest BCUT2D eigenvalue weighted by molar-refractivity contribution is 7.91. The maximum Gasteiger partial charge on any atom is 0.213 e. The van der Waals surface area contributed by atoms with Gasteiger partial charge in [0.2, 0.25) is 11.8 Å². The van der Waals surface area contributed by atoms with Gasteiger partial charge in [-0.25, -0.2) is 26.8 Å². The third-order valence-corrected chi connectivity index (χ3v) is 17.4. The van der Waals surface area contributed by atoms with Crippen molar-refractivity contribution in [1.29, 1.82) is 0 Å². The van der Waals surface area contributed by atoms with E-state index in [1.165, 1.54) is 56.5 Å². The summed E-state index contributed by atoms with van der Waals surface area (Å²) in [6.45, 7) is 5.09. The van der Waals surface area contributed by atoms with Crippen molar-refractivity contribution in [2.24, 2.45) is 11.8 Å². The Kier molecular flexibility index (Phi) is 18.5. The molecule has 24 heteroatoms. The lowest BCUT2D eigenvalue weighted by molar-refractivity contribution is 0.00812. The molecule has 0 unspecified atom stereocenters. The van der Waals surface area contributed by atoms with Gasteiger partial charge in [0.05, 0.1) is 65.4 Å². The molecule has 6 heterocycles. The molecule has 0 spiro atoms. The number of pyridine rings is 2. The molecule has 22 nitrogen and oxygen atoms in total. The fourth-order valence-electron chi connectivity index (χ4n) is 8.96. The first kappa shape index (κ1) is 55.3. The second-order valence-corrected chi connectivity index (χ2v) is 22.3. The van der Waals surface area contributed by atoms with E-state index >= 15 is 0 Å². The van der Waals surface area contributed by atoms with Crippen molar-refractivity contribution < 1.29 is 64.9 Å². The summed E-state index contributed by atoms with van der Waals surface area (Å²) in [4.78, 5) is 8.93. The van der Waals surface area contributed by atoms with E-state index in [0.29, 0.717) is 110 Å². The smallest absolute Gasteiger partial charge is 0.213 e. The number of ether oxygens (including phenoxy) is 8. The average Bonchev–Trinajstić information content (AvgIpc) is 4.05. The molecular formula is C50H64N8O14S2. The number of aliphatic hydroxyl groups excluding tert-OH is 2. The molecule has 2 fully saturated rings. The highest BCUT2D eigenvalue weighted by Crippen LogP contribution is 2.39. The lowest BCUT2D eigenvalue weighted by atomic mass is 9.92. The van der Waals surface area contributed by atoms with Gasteiger partial charge in [-0.05, 0) is 87.8 Å². The molecule has 2 saturated heterocycles. The number of methoxy groups -OCH3 is 6. The van der Waals surface area contributed by atoms with Crippen molar-refractivity contribution in [2.45, 2.75) is 73.7 Å². The van der Waals surface area contributed by atoms with E-state index in [1.54, 1.807) is 81.9 Å². The molecule has 0 radical (unpaired) electrons. The zero-order chi connectivity index (χ0) is 53.2. The molecule has 4 atom stereocenters. The Morgan fingerprint density at radius 1 is 0.514 bits per heavy atom. The van der Waals surface area contributed by atoms with Crippen LogP contribution in [0.15, 0.2) is 72.8 Å². The van der Waals surface area contributed by atoms with Crippen LogP contribution in [-0.2, 0) is 40.7 Å². The molecule has 400 valence electrons. The van der Waals surface area contributed by atoms with Crippen LogP contribution >= 0.6 is 0 Å². The van der Waals surface area contributed by atoms with Crippen molar-refractivity contribution in [3.63, 3.8) is 0 Å². The average molecular weight is 1070 g/mol. The number of aromatic nitrogens is 8. The highest BCUT2D eigenvalue weighted by Gasteiger charge is 2.38. The standard InChI is InChI=1S/2C25H32N4O7S/c2*1-16(24(30)17-11-13-36-14-12-17)37(31,32)15-21-27-28-25(18-7-5-10-22(26-18)35-4)29(21)23-19(33-2)8-6-9-20(23)34-3/h2*5-10,16-17,24,30H,11-15H2,1-4H3/t2*16-,24-/m10/s1. The molecule has 74 heavy (non-hydrogen) atoms. The minimum absolute atomic E-state index is 0.133. The van der Waals surface area contributed by atoms with Crippen molar-refractivity contribution in [1.82, 2.24) is 39.5 Å². The molecule has 0 amide bonds. The van der Waals surface area contributed by atoms with E-state index in [0.717, 1.165) is 0 Å². The Labute approximate surface area is 430 Å². The monoisotopic (exact) mass is 1060 g/mol. The third-order valence-electron chi connectivity index (χ3n) is 13.3. The van der Waals surface area contributed by atoms with E-state index < -0.39 is 53.9 Å². The molecule has 2 aliphatic rings. The zero-order valence-electron chi connectivity index (χ0n) is 42.7. The number of benzene rings is 2. The molecular weight excluding hydrogens is 1000 g/mol. The molecule has 8 rings (SSSR count). The van der Waals surface area contributed by atoms with Gasteiger partial charge in [0.1, 0.15) is 57.3 Å². The fraction of sp³-hybridized carbons (Fsp3) is 0.480. The van der Waals surface area contributed by atoms with Crippen LogP contribution < -0.4 is 28.4 Å². The second kappa shape index (κ2) is 24.7. The van der Waals surface area contributed by atoms with Crippen LogP contribution in [0.25, 0.3) is 34.4 Å². The van der Waals surface area contributed by atoms with Gasteiger partial charge < -0.3 is 48.1 Å². The Bertz CT molecular complexity index is 2800. The van der Waals surface area contributed by atoms with Crippen LogP contribution in [0.1, 0.15) is 51.2 Å². The fourth-order valence-corrected chi connectivity index (χ4v) is 11.9. The number of rotatable bonds is 20. The van der Waals surface area contributed by atoms with Crippen LogP contribution in [0.5, 0.6) is 34.8 Å². The Hall–Kier alpha value is -6.44. The minimum atomic E-state index is -3.85. The minimum Gasteiger partial charge on any atom is -0.494 e. The first-order valence-electron chi connectivity index (χ1n) is 23.9. The summed E-state index contributed by atoms with van der Waals surface area (Å²) in [6.07, 6.45) is 0.404. The maximum absolute atomic E-state index is 13.6. The number of sulfone groups is 2. The van der Waals surface area contributed by atoms with Gasteiger partial charge in [0.25, 0.3) is 0 Å². The lowest BCUT2D eigenvalue weighted by Gasteiger charge is -2.30. The molecule has 6 aromatic rings. The van der Waals surface area contributed by atoms with Gasteiger partial charge in [0, 0.05) is 38.6 Å². The number of hydrogen-bond donors (Lipinski definition) is 2. The number of aliphatic hydroxyl groups is 2. The summed E-state index contributed by atoms with van der Waals surface area (Å²) in [7, 11) is 1.33. The van der Waals surface area contributed by atoms with Crippen molar-refractivity contribution in [2.75, 3.05) is 69.1 Å². The maximum atomic E-state index is 13.6. The first-order chi connectivity index (χ1) is 35.6. The van der Waals surface area contributed by atoms with E-state index in [-0.39, 0.29) is 35.1 Å². The Morgan fingerprint density at radius 3 is 1.15 bits per heavy atom. The summed E-state index contributed by atoms with van der Waals surface area (Å²) in [5.41, 5.74) is 1.69. The molecule has 0 saturated carbocycles. The lowest BCUT2D eigenvalue weighted by Crippen LogP contribution is -2.40.